The smallest absolute Gasteiger partial charge is 0.270 e. The van der Waals surface area contributed by atoms with Gasteiger partial charge in [-0.15, -0.1) is 0 Å². The highest BCUT2D eigenvalue weighted by atomic mass is 16.2. The largest absolute Gasteiger partial charge is 0.340 e. The molecule has 5 heteroatoms. The van der Waals surface area contributed by atoms with Crippen molar-refractivity contribution in [3.63, 3.8) is 0 Å². The first-order valence-electron chi connectivity index (χ1n) is 9.45. The summed E-state index contributed by atoms with van der Waals surface area (Å²) in [5.74, 6) is -0.0809. The van der Waals surface area contributed by atoms with E-state index in [0.29, 0.717) is 5.69 Å². The summed E-state index contributed by atoms with van der Waals surface area (Å²) in [6.07, 6.45) is 7.70. The highest BCUT2D eigenvalue weighted by molar-refractivity contribution is 5.95. The summed E-state index contributed by atoms with van der Waals surface area (Å²) in [6.45, 7) is 2.06. The maximum Gasteiger partial charge on any atom is 0.270 e. The average Bonchev–Trinajstić information content (AvgIpc) is 3.03. The molecule has 5 nitrogen and oxygen atoms in total. The van der Waals surface area contributed by atoms with E-state index in [1.165, 1.54) is 5.56 Å². The Balaban J connectivity index is 1.69. The zero-order valence-corrected chi connectivity index (χ0v) is 15.8. The van der Waals surface area contributed by atoms with Crippen molar-refractivity contribution in [3.8, 4) is 0 Å². The number of nitrogens with one attached hydrogen (secondary N) is 1. The number of amides is 1. The lowest BCUT2D eigenvalue weighted by Crippen LogP contribution is -2.31. The van der Waals surface area contributed by atoms with Gasteiger partial charge in [0.1, 0.15) is 5.69 Å². The topological polar surface area (TPSA) is 59.8 Å². The van der Waals surface area contributed by atoms with Crippen molar-refractivity contribution in [1.82, 2.24) is 20.1 Å². The monoisotopic (exact) mass is 360 g/mol. The molecule has 0 saturated heterocycles. The molecule has 0 fully saturated rings. The molecular formula is C22H24N4O. The van der Waals surface area contributed by atoms with Crippen LogP contribution in [0.5, 0.6) is 0 Å². The molecule has 0 radical (unpaired) electrons. The molecule has 0 bridgehead atoms. The van der Waals surface area contributed by atoms with Crippen LogP contribution in [-0.2, 0) is 19.9 Å². The lowest BCUT2D eigenvalue weighted by atomic mass is 9.95. The van der Waals surface area contributed by atoms with Gasteiger partial charge in [0.25, 0.3) is 5.91 Å². The number of carbonyl (C=O) groups excluding carboxylic acids is 1. The van der Waals surface area contributed by atoms with E-state index in [4.69, 9.17) is 0 Å². The Morgan fingerprint density at radius 2 is 1.89 bits per heavy atom. The summed E-state index contributed by atoms with van der Waals surface area (Å²) in [6, 6.07) is 11.9. The van der Waals surface area contributed by atoms with Crippen molar-refractivity contribution in [3.05, 3.63) is 82.4 Å². The minimum Gasteiger partial charge on any atom is -0.340 e. The fourth-order valence-corrected chi connectivity index (χ4v) is 3.83. The maximum absolute atomic E-state index is 13.2. The Hall–Kier alpha value is -2.95. The van der Waals surface area contributed by atoms with Gasteiger partial charge in [-0.2, -0.15) is 5.10 Å². The van der Waals surface area contributed by atoms with E-state index in [2.05, 4.69) is 46.6 Å². The van der Waals surface area contributed by atoms with Crippen LogP contribution in [0.15, 0.2) is 48.8 Å². The molecule has 0 saturated carbocycles. The minimum absolute atomic E-state index is 0.0809. The molecule has 1 amide bonds. The van der Waals surface area contributed by atoms with Crippen LogP contribution in [0.1, 0.15) is 57.3 Å². The first-order valence-corrected chi connectivity index (χ1v) is 9.45. The second-order valence-electron chi connectivity index (χ2n) is 7.21. The number of carbonyl (C=O) groups is 1. The summed E-state index contributed by atoms with van der Waals surface area (Å²) >= 11 is 0. The predicted octanol–water partition coefficient (Wildman–Crippen LogP) is 3.52. The fourth-order valence-electron chi connectivity index (χ4n) is 3.83. The van der Waals surface area contributed by atoms with Gasteiger partial charge in [-0.1, -0.05) is 35.9 Å². The molecule has 1 atom stereocenters. The van der Waals surface area contributed by atoms with Crippen molar-refractivity contribution in [2.75, 3.05) is 0 Å². The number of aryl methyl sites for hydroxylation is 3. The van der Waals surface area contributed by atoms with Gasteiger partial charge >= 0.3 is 0 Å². The molecule has 1 aliphatic rings. The van der Waals surface area contributed by atoms with Crippen LogP contribution in [-0.4, -0.2) is 20.7 Å². The van der Waals surface area contributed by atoms with Crippen LogP contribution in [0, 0.1) is 6.92 Å². The van der Waals surface area contributed by atoms with E-state index in [1.54, 1.807) is 10.9 Å². The Labute approximate surface area is 159 Å². The van der Waals surface area contributed by atoms with Gasteiger partial charge in [0.05, 0.1) is 11.7 Å². The molecule has 0 spiro atoms. The molecule has 3 aromatic rings. The summed E-state index contributed by atoms with van der Waals surface area (Å²) in [7, 11) is 1.86. The zero-order chi connectivity index (χ0) is 18.8. The van der Waals surface area contributed by atoms with Crippen molar-refractivity contribution in [2.45, 2.75) is 38.6 Å². The molecule has 1 unspecified atom stereocenters. The van der Waals surface area contributed by atoms with Gasteiger partial charge in [-0.05, 0) is 49.8 Å². The zero-order valence-electron chi connectivity index (χ0n) is 15.8. The molecule has 1 N–H and O–H groups in total. The second-order valence-corrected chi connectivity index (χ2v) is 7.21. The number of fused-ring (bicyclic) bond motifs is 1. The van der Waals surface area contributed by atoms with Gasteiger partial charge in [0.2, 0.25) is 0 Å². The number of hydrogen-bond donors (Lipinski definition) is 1. The second kappa shape index (κ2) is 7.35. The lowest BCUT2D eigenvalue weighted by molar-refractivity contribution is 0.0932. The fraction of sp³-hybridized carbons (Fsp3) is 0.318. The maximum atomic E-state index is 13.2. The van der Waals surface area contributed by atoms with E-state index < -0.39 is 0 Å². The van der Waals surface area contributed by atoms with Crippen LogP contribution >= 0.6 is 0 Å². The molecular weight excluding hydrogens is 336 g/mol. The van der Waals surface area contributed by atoms with E-state index in [0.717, 1.165) is 48.1 Å². The predicted molar refractivity (Wildman–Crippen MR) is 105 cm³/mol. The van der Waals surface area contributed by atoms with Gasteiger partial charge in [-0.25, -0.2) is 0 Å². The van der Waals surface area contributed by atoms with Crippen molar-refractivity contribution >= 4 is 5.91 Å². The van der Waals surface area contributed by atoms with Gasteiger partial charge in [0.15, 0.2) is 0 Å². The van der Waals surface area contributed by atoms with E-state index >= 15 is 0 Å². The van der Waals surface area contributed by atoms with Crippen molar-refractivity contribution in [1.29, 1.82) is 0 Å². The third kappa shape index (κ3) is 3.50. The van der Waals surface area contributed by atoms with E-state index in [-0.39, 0.29) is 11.9 Å². The molecule has 1 aliphatic carbocycles. The van der Waals surface area contributed by atoms with Gasteiger partial charge < -0.3 is 5.32 Å². The normalized spacial score (nSPS) is 14.4. The van der Waals surface area contributed by atoms with Crippen LogP contribution < -0.4 is 5.32 Å². The quantitative estimate of drug-likeness (QED) is 0.774. The molecule has 27 heavy (non-hydrogen) atoms. The lowest BCUT2D eigenvalue weighted by Gasteiger charge is -2.20. The molecule has 0 aliphatic heterocycles. The van der Waals surface area contributed by atoms with E-state index in [9.17, 15) is 4.79 Å². The number of hydrogen-bond acceptors (Lipinski definition) is 3. The Kier molecular flexibility index (Phi) is 4.75. The number of pyridine rings is 1. The Morgan fingerprint density at radius 3 is 2.63 bits per heavy atom. The number of aromatic nitrogens is 3. The third-order valence-corrected chi connectivity index (χ3v) is 5.24. The molecule has 2 heterocycles. The minimum atomic E-state index is -0.249. The first-order chi connectivity index (χ1) is 13.1. The van der Waals surface area contributed by atoms with Crippen molar-refractivity contribution in [2.24, 2.45) is 7.05 Å². The number of rotatable bonds is 4. The third-order valence-electron chi connectivity index (χ3n) is 5.24. The molecule has 2 aromatic heterocycles. The van der Waals surface area contributed by atoms with Crippen LogP contribution in [0.3, 0.4) is 0 Å². The van der Waals surface area contributed by atoms with Crippen LogP contribution in [0.2, 0.25) is 0 Å². The number of nitrogens with zero attached hydrogens (tertiary/aromatic N) is 3. The molecule has 4 rings (SSSR count). The summed E-state index contributed by atoms with van der Waals surface area (Å²) < 4.78 is 1.74. The van der Waals surface area contributed by atoms with Crippen LogP contribution in [0.4, 0.5) is 0 Å². The summed E-state index contributed by atoms with van der Waals surface area (Å²) in [5, 5.41) is 7.80. The standard InChI is InChI=1S/C22H24N4O/c1-15-9-11-16(12-10-15)20(17-6-5-13-23-14-17)24-22(27)21-18-7-3-4-8-19(18)25-26(21)2/h5-6,9-14,20H,3-4,7-8H2,1-2H3,(H,24,27). The van der Waals surface area contributed by atoms with Crippen LogP contribution in [0.25, 0.3) is 0 Å². The SMILES string of the molecule is Cc1ccc(C(NC(=O)c2c3c(nn2C)CCCC3)c2cccnc2)cc1. The first kappa shape index (κ1) is 17.5. The average molecular weight is 360 g/mol. The number of benzene rings is 1. The summed E-state index contributed by atoms with van der Waals surface area (Å²) in [4.78, 5) is 17.5. The molecule has 138 valence electrons. The highest BCUT2D eigenvalue weighted by Gasteiger charge is 2.26. The Bertz CT molecular complexity index is 944. The molecule has 1 aromatic carbocycles. The van der Waals surface area contributed by atoms with Gasteiger partial charge in [0, 0.05) is 25.0 Å². The van der Waals surface area contributed by atoms with Gasteiger partial charge in [-0.3, -0.25) is 14.5 Å². The summed E-state index contributed by atoms with van der Waals surface area (Å²) in [5.41, 5.74) is 6.06. The Morgan fingerprint density at radius 1 is 1.11 bits per heavy atom. The van der Waals surface area contributed by atoms with E-state index in [1.807, 2.05) is 25.4 Å². The van der Waals surface area contributed by atoms with Crippen molar-refractivity contribution < 1.29 is 4.79 Å². The highest BCUT2D eigenvalue weighted by Crippen LogP contribution is 2.26.